The van der Waals surface area contributed by atoms with Gasteiger partial charge < -0.3 is 5.73 Å². The number of amides is 2. The van der Waals surface area contributed by atoms with Crippen molar-refractivity contribution >= 4 is 16.9 Å². The molecule has 42 valence electrons. The van der Waals surface area contributed by atoms with Crippen LogP contribution in [0.4, 0.5) is 4.79 Å². The molecule has 0 saturated heterocycles. The molecule has 0 aromatic heterocycles. The summed E-state index contributed by atoms with van der Waals surface area (Å²) in [4.78, 5) is 9.79. The number of urea groups is 1. The SMILES string of the molecule is CS(N)=NC(N)=O. The van der Waals surface area contributed by atoms with Gasteiger partial charge in [0.25, 0.3) is 0 Å². The summed E-state index contributed by atoms with van der Waals surface area (Å²) in [6, 6.07) is -0.701. The zero-order valence-electron chi connectivity index (χ0n) is 3.92. The van der Waals surface area contributed by atoms with E-state index >= 15 is 0 Å². The van der Waals surface area contributed by atoms with Gasteiger partial charge in [0.05, 0.1) is 0 Å². The first-order valence-corrected chi connectivity index (χ1v) is 3.20. The molecule has 1 unspecified atom stereocenters. The second-order valence-electron chi connectivity index (χ2n) is 0.953. The largest absolute Gasteiger partial charge is 0.349 e. The summed E-state index contributed by atoms with van der Waals surface area (Å²) in [5.74, 6) is 0. The molecule has 0 heterocycles. The fraction of sp³-hybridized carbons (Fsp3) is 0.500. The molecule has 2 amide bonds. The van der Waals surface area contributed by atoms with Crippen molar-refractivity contribution in [2.24, 2.45) is 15.2 Å². The molecule has 0 aliphatic heterocycles. The number of nitrogens with zero attached hydrogens (tertiary/aromatic N) is 1. The van der Waals surface area contributed by atoms with Gasteiger partial charge in [-0.25, -0.2) is 4.79 Å². The molecule has 0 aromatic carbocycles. The standard InChI is InChI=1S/C2H7N3OS/c1-7(4)5-2(3)6/h1H3,(H4,3,4,5,6). The van der Waals surface area contributed by atoms with Gasteiger partial charge in [0.1, 0.15) is 0 Å². The molecule has 0 saturated carbocycles. The minimum atomic E-state index is -0.701. The Balaban J connectivity index is 3.68. The van der Waals surface area contributed by atoms with E-state index in [9.17, 15) is 4.79 Å². The van der Waals surface area contributed by atoms with Crippen LogP contribution < -0.4 is 10.9 Å². The van der Waals surface area contributed by atoms with Gasteiger partial charge in [0.15, 0.2) is 0 Å². The fourth-order valence-electron chi connectivity index (χ4n) is 0.142. The minimum absolute atomic E-state index is 0.695. The first-order valence-electron chi connectivity index (χ1n) is 1.54. The Kier molecular flexibility index (Phi) is 2.54. The third-order valence-corrected chi connectivity index (χ3v) is 0.702. The van der Waals surface area contributed by atoms with Gasteiger partial charge in [0.2, 0.25) is 0 Å². The maximum Gasteiger partial charge on any atom is 0.345 e. The summed E-state index contributed by atoms with van der Waals surface area (Å²) >= 11 is 0. The first kappa shape index (κ1) is 6.58. The van der Waals surface area contributed by atoms with Gasteiger partial charge >= 0.3 is 6.03 Å². The van der Waals surface area contributed by atoms with Crippen LogP contribution in [0.1, 0.15) is 0 Å². The van der Waals surface area contributed by atoms with Crippen molar-refractivity contribution in [1.29, 1.82) is 0 Å². The minimum Gasteiger partial charge on any atom is -0.349 e. The zero-order chi connectivity index (χ0) is 5.86. The highest BCUT2D eigenvalue weighted by Crippen LogP contribution is 1.68. The van der Waals surface area contributed by atoms with Crippen LogP contribution in [0.2, 0.25) is 0 Å². The molecule has 0 aromatic rings. The molecular weight excluding hydrogens is 114 g/mol. The zero-order valence-corrected chi connectivity index (χ0v) is 4.73. The Morgan fingerprint density at radius 3 is 2.29 bits per heavy atom. The summed E-state index contributed by atoms with van der Waals surface area (Å²) in [6.07, 6.45) is 1.60. The average Bonchev–Trinajstić information content (AvgIpc) is 1.27. The molecule has 0 bridgehead atoms. The molecule has 4 nitrogen and oxygen atoms in total. The molecule has 0 spiro atoms. The molecule has 0 radical (unpaired) electrons. The number of carbonyl (C=O) groups excluding carboxylic acids is 1. The maximum atomic E-state index is 9.79. The summed E-state index contributed by atoms with van der Waals surface area (Å²) in [6.45, 7) is 0. The van der Waals surface area contributed by atoms with Crippen molar-refractivity contribution in [3.63, 3.8) is 0 Å². The van der Waals surface area contributed by atoms with Crippen LogP contribution in [-0.4, -0.2) is 12.3 Å². The Hall–Kier alpha value is -0.420. The molecule has 5 heteroatoms. The Labute approximate surface area is 44.1 Å². The van der Waals surface area contributed by atoms with Crippen molar-refractivity contribution in [1.82, 2.24) is 0 Å². The van der Waals surface area contributed by atoms with Crippen molar-refractivity contribution in [2.75, 3.05) is 6.26 Å². The molecule has 4 N–H and O–H groups in total. The van der Waals surface area contributed by atoms with Crippen LogP contribution in [0.25, 0.3) is 0 Å². The highest BCUT2D eigenvalue weighted by Gasteiger charge is 1.81. The van der Waals surface area contributed by atoms with Crippen LogP contribution in [0.5, 0.6) is 0 Å². The molecule has 0 aliphatic carbocycles. The van der Waals surface area contributed by atoms with Crippen molar-refractivity contribution < 1.29 is 4.79 Å². The van der Waals surface area contributed by atoms with E-state index in [0.29, 0.717) is 0 Å². The lowest BCUT2D eigenvalue weighted by Crippen LogP contribution is -2.09. The molecular formula is C2H7N3OS. The average molecular weight is 121 g/mol. The van der Waals surface area contributed by atoms with Gasteiger partial charge in [-0.1, -0.05) is 0 Å². The summed E-state index contributed by atoms with van der Waals surface area (Å²) in [5.41, 5.74) is 4.61. The number of rotatable bonds is 0. The van der Waals surface area contributed by atoms with E-state index in [0.717, 1.165) is 0 Å². The maximum absolute atomic E-state index is 9.79. The van der Waals surface area contributed by atoms with Crippen molar-refractivity contribution in [3.8, 4) is 0 Å². The number of hydrogen-bond donors (Lipinski definition) is 2. The van der Waals surface area contributed by atoms with Crippen LogP contribution in [0, 0.1) is 0 Å². The van der Waals surface area contributed by atoms with Gasteiger partial charge in [-0.3, -0.25) is 5.14 Å². The second kappa shape index (κ2) is 2.70. The summed E-state index contributed by atoms with van der Waals surface area (Å²) in [7, 11) is -0.695. The second-order valence-corrected chi connectivity index (χ2v) is 2.18. The molecule has 7 heavy (non-hydrogen) atoms. The number of primary amides is 1. The van der Waals surface area contributed by atoms with E-state index in [-0.39, 0.29) is 0 Å². The van der Waals surface area contributed by atoms with E-state index in [1.165, 1.54) is 0 Å². The lowest BCUT2D eigenvalue weighted by molar-refractivity contribution is 0.257. The first-order chi connectivity index (χ1) is 3.13. The molecule has 0 aliphatic rings. The van der Waals surface area contributed by atoms with Gasteiger partial charge in [0, 0.05) is 6.26 Å². The van der Waals surface area contributed by atoms with Crippen molar-refractivity contribution in [3.05, 3.63) is 0 Å². The van der Waals surface area contributed by atoms with Crippen LogP contribution >= 0.6 is 0 Å². The van der Waals surface area contributed by atoms with Gasteiger partial charge in [-0.2, -0.15) is 4.36 Å². The third kappa shape index (κ3) is 5.58. The Morgan fingerprint density at radius 1 is 1.86 bits per heavy atom. The molecule has 1 atom stereocenters. The Morgan fingerprint density at radius 2 is 2.29 bits per heavy atom. The number of nitrogens with two attached hydrogens (primary N) is 2. The topological polar surface area (TPSA) is 81.5 Å². The van der Waals surface area contributed by atoms with E-state index in [2.05, 4.69) is 10.1 Å². The highest BCUT2D eigenvalue weighted by molar-refractivity contribution is 7.84. The lowest BCUT2D eigenvalue weighted by atomic mass is 11.2. The van der Waals surface area contributed by atoms with Gasteiger partial charge in [-0.05, 0) is 10.9 Å². The summed E-state index contributed by atoms with van der Waals surface area (Å²) in [5, 5.41) is 5.05. The Bertz CT molecular complexity index is 106. The smallest absolute Gasteiger partial charge is 0.345 e. The quantitative estimate of drug-likeness (QED) is 0.447. The van der Waals surface area contributed by atoms with E-state index < -0.39 is 16.9 Å². The van der Waals surface area contributed by atoms with Gasteiger partial charge in [-0.15, -0.1) is 0 Å². The normalized spacial score (nSPS) is 14.0. The molecule has 0 rings (SSSR count). The van der Waals surface area contributed by atoms with Crippen LogP contribution in [-0.2, 0) is 10.9 Å². The predicted octanol–water partition coefficient (Wildman–Crippen LogP) is -0.629. The monoisotopic (exact) mass is 121 g/mol. The van der Waals surface area contributed by atoms with Crippen LogP contribution in [0.3, 0.4) is 0 Å². The third-order valence-electron chi connectivity index (χ3n) is 0.234. The lowest BCUT2D eigenvalue weighted by Gasteiger charge is -1.82. The molecule has 0 fully saturated rings. The van der Waals surface area contributed by atoms with E-state index in [1.54, 1.807) is 6.26 Å². The van der Waals surface area contributed by atoms with Crippen LogP contribution in [0.15, 0.2) is 4.36 Å². The highest BCUT2D eigenvalue weighted by atomic mass is 32.2. The van der Waals surface area contributed by atoms with E-state index in [1.807, 2.05) is 0 Å². The number of carbonyl (C=O) groups is 1. The predicted molar refractivity (Wildman–Crippen MR) is 29.5 cm³/mol. The summed E-state index contributed by atoms with van der Waals surface area (Å²) < 4.78 is 3.22. The number of hydrogen-bond acceptors (Lipinski definition) is 1. The van der Waals surface area contributed by atoms with Crippen molar-refractivity contribution in [2.45, 2.75) is 0 Å². The van der Waals surface area contributed by atoms with E-state index in [4.69, 9.17) is 5.14 Å². The fourth-order valence-corrected chi connectivity index (χ4v) is 0.426.